The van der Waals surface area contributed by atoms with Crippen molar-refractivity contribution in [1.29, 1.82) is 0 Å². The molecule has 3 amide bonds. The van der Waals surface area contributed by atoms with Crippen LogP contribution in [0.5, 0.6) is 0 Å². The minimum atomic E-state index is -0.259. The SMILES string of the molecule is CCCCCC(=O)N1CCN(c2ccc(NC(=O)Nc3ccc(C(C)C)cc3)cc2)CC1. The molecule has 1 saturated heterocycles. The first-order valence-electron chi connectivity index (χ1n) is 11.8. The molecule has 0 atom stereocenters. The Morgan fingerprint density at radius 1 is 0.844 bits per heavy atom. The van der Waals surface area contributed by atoms with Gasteiger partial charge in [0.15, 0.2) is 0 Å². The molecular weight excluding hydrogens is 400 g/mol. The van der Waals surface area contributed by atoms with E-state index in [1.165, 1.54) is 5.56 Å². The first kappa shape index (κ1) is 23.6. The molecule has 0 aromatic heterocycles. The Kier molecular flexibility index (Phi) is 8.54. The van der Waals surface area contributed by atoms with Crippen molar-refractivity contribution in [3.05, 3.63) is 54.1 Å². The molecule has 0 unspecified atom stereocenters. The maximum absolute atomic E-state index is 12.3. The van der Waals surface area contributed by atoms with Crippen LogP contribution in [0.15, 0.2) is 48.5 Å². The molecular formula is C26H36N4O2. The highest BCUT2D eigenvalue weighted by Crippen LogP contribution is 2.21. The monoisotopic (exact) mass is 436 g/mol. The average Bonchev–Trinajstić information content (AvgIpc) is 2.80. The Morgan fingerprint density at radius 2 is 1.41 bits per heavy atom. The van der Waals surface area contributed by atoms with Crippen molar-refractivity contribution in [3.8, 4) is 0 Å². The Morgan fingerprint density at radius 3 is 1.94 bits per heavy atom. The molecule has 2 aromatic carbocycles. The highest BCUT2D eigenvalue weighted by Gasteiger charge is 2.20. The molecule has 1 heterocycles. The molecule has 6 nitrogen and oxygen atoms in total. The lowest BCUT2D eigenvalue weighted by Gasteiger charge is -2.36. The number of anilines is 3. The maximum atomic E-state index is 12.3. The number of nitrogens with one attached hydrogen (secondary N) is 2. The first-order valence-corrected chi connectivity index (χ1v) is 11.8. The summed E-state index contributed by atoms with van der Waals surface area (Å²) in [6.07, 6.45) is 3.91. The van der Waals surface area contributed by atoms with Crippen molar-refractivity contribution in [1.82, 2.24) is 4.90 Å². The highest BCUT2D eigenvalue weighted by atomic mass is 16.2. The summed E-state index contributed by atoms with van der Waals surface area (Å²) in [4.78, 5) is 28.9. The van der Waals surface area contributed by atoms with Crippen LogP contribution in [0.25, 0.3) is 0 Å². The second-order valence-corrected chi connectivity index (χ2v) is 8.73. The van der Waals surface area contributed by atoms with E-state index in [0.717, 1.165) is 62.5 Å². The van der Waals surface area contributed by atoms with E-state index in [4.69, 9.17) is 0 Å². The second-order valence-electron chi connectivity index (χ2n) is 8.73. The van der Waals surface area contributed by atoms with Gasteiger partial charge in [0.25, 0.3) is 0 Å². The summed E-state index contributed by atoms with van der Waals surface area (Å²) in [5.74, 6) is 0.744. The topological polar surface area (TPSA) is 64.7 Å². The number of benzene rings is 2. The van der Waals surface area contributed by atoms with Crippen LogP contribution >= 0.6 is 0 Å². The van der Waals surface area contributed by atoms with E-state index < -0.39 is 0 Å². The number of rotatable bonds is 8. The average molecular weight is 437 g/mol. The van der Waals surface area contributed by atoms with Crippen LogP contribution in [0.2, 0.25) is 0 Å². The third kappa shape index (κ3) is 6.74. The van der Waals surface area contributed by atoms with Gasteiger partial charge in [-0.05, 0) is 54.3 Å². The summed E-state index contributed by atoms with van der Waals surface area (Å²) < 4.78 is 0. The number of carbonyl (C=O) groups excluding carboxylic acids is 2. The van der Waals surface area contributed by atoms with Crippen LogP contribution in [-0.2, 0) is 4.79 Å². The van der Waals surface area contributed by atoms with Crippen molar-refractivity contribution in [2.75, 3.05) is 41.7 Å². The molecule has 172 valence electrons. The molecule has 0 spiro atoms. The van der Waals surface area contributed by atoms with E-state index in [1.807, 2.05) is 53.4 Å². The van der Waals surface area contributed by atoms with E-state index >= 15 is 0 Å². The van der Waals surface area contributed by atoms with Gasteiger partial charge in [-0.2, -0.15) is 0 Å². The smallest absolute Gasteiger partial charge is 0.323 e. The number of urea groups is 1. The molecule has 2 aromatic rings. The van der Waals surface area contributed by atoms with Crippen LogP contribution in [-0.4, -0.2) is 43.0 Å². The van der Waals surface area contributed by atoms with Crippen molar-refractivity contribution in [2.24, 2.45) is 0 Å². The van der Waals surface area contributed by atoms with E-state index in [1.54, 1.807) is 0 Å². The van der Waals surface area contributed by atoms with Crippen LogP contribution in [0.1, 0.15) is 57.9 Å². The zero-order valence-electron chi connectivity index (χ0n) is 19.6. The Balaban J connectivity index is 1.46. The lowest BCUT2D eigenvalue weighted by molar-refractivity contribution is -0.131. The number of amides is 3. The fraction of sp³-hybridized carbons (Fsp3) is 0.462. The van der Waals surface area contributed by atoms with Gasteiger partial charge in [-0.15, -0.1) is 0 Å². The molecule has 2 N–H and O–H groups in total. The van der Waals surface area contributed by atoms with Gasteiger partial charge in [0.05, 0.1) is 0 Å². The predicted octanol–water partition coefficient (Wildman–Crippen LogP) is 5.68. The number of unbranched alkanes of at least 4 members (excludes halogenated alkanes) is 2. The van der Waals surface area contributed by atoms with Crippen LogP contribution in [0, 0.1) is 0 Å². The summed E-state index contributed by atoms with van der Waals surface area (Å²) in [5, 5.41) is 5.75. The minimum Gasteiger partial charge on any atom is -0.368 e. The van der Waals surface area contributed by atoms with E-state index in [2.05, 4.69) is 36.3 Å². The van der Waals surface area contributed by atoms with Crippen LogP contribution < -0.4 is 15.5 Å². The van der Waals surface area contributed by atoms with Crippen LogP contribution in [0.3, 0.4) is 0 Å². The fourth-order valence-corrected chi connectivity index (χ4v) is 3.90. The fourth-order valence-electron chi connectivity index (χ4n) is 3.90. The number of hydrogen-bond acceptors (Lipinski definition) is 3. The number of piperazine rings is 1. The van der Waals surface area contributed by atoms with Crippen molar-refractivity contribution >= 4 is 29.0 Å². The van der Waals surface area contributed by atoms with Gasteiger partial charge in [0, 0.05) is 49.7 Å². The summed E-state index contributed by atoms with van der Waals surface area (Å²) in [7, 11) is 0. The largest absolute Gasteiger partial charge is 0.368 e. The van der Waals surface area contributed by atoms with Gasteiger partial charge >= 0.3 is 6.03 Å². The predicted molar refractivity (Wildman–Crippen MR) is 133 cm³/mol. The first-order chi connectivity index (χ1) is 15.5. The van der Waals surface area contributed by atoms with E-state index in [0.29, 0.717) is 12.3 Å². The minimum absolute atomic E-state index is 0.259. The number of nitrogens with zero attached hydrogens (tertiary/aromatic N) is 2. The molecule has 0 saturated carbocycles. The lowest BCUT2D eigenvalue weighted by Crippen LogP contribution is -2.48. The standard InChI is InChI=1S/C26H36N4O2/c1-4-5-6-7-25(31)30-18-16-29(17-19-30)24-14-12-23(13-15-24)28-26(32)27-22-10-8-21(9-11-22)20(2)3/h8-15,20H,4-7,16-19H2,1-3H3,(H2,27,28,32). The third-order valence-electron chi connectivity index (χ3n) is 5.95. The zero-order chi connectivity index (χ0) is 22.9. The molecule has 1 aliphatic heterocycles. The van der Waals surface area contributed by atoms with Gasteiger partial charge in [0.1, 0.15) is 0 Å². The Hall–Kier alpha value is -3.02. The van der Waals surface area contributed by atoms with Gasteiger partial charge in [-0.25, -0.2) is 4.79 Å². The van der Waals surface area contributed by atoms with Crippen LogP contribution in [0.4, 0.5) is 21.9 Å². The Bertz CT molecular complexity index is 870. The number of carbonyl (C=O) groups is 2. The second kappa shape index (κ2) is 11.6. The van der Waals surface area contributed by atoms with E-state index in [-0.39, 0.29) is 11.9 Å². The van der Waals surface area contributed by atoms with Gasteiger partial charge in [0.2, 0.25) is 5.91 Å². The lowest BCUT2D eigenvalue weighted by atomic mass is 10.0. The molecule has 0 radical (unpaired) electrons. The Labute approximate surface area is 192 Å². The van der Waals surface area contributed by atoms with Gasteiger partial charge in [-0.1, -0.05) is 45.7 Å². The highest BCUT2D eigenvalue weighted by molar-refractivity contribution is 5.99. The van der Waals surface area contributed by atoms with Crippen molar-refractivity contribution < 1.29 is 9.59 Å². The summed E-state index contributed by atoms with van der Waals surface area (Å²) >= 11 is 0. The molecule has 32 heavy (non-hydrogen) atoms. The quantitative estimate of drug-likeness (QED) is 0.523. The maximum Gasteiger partial charge on any atom is 0.323 e. The van der Waals surface area contributed by atoms with Gasteiger partial charge in [-0.3, -0.25) is 4.79 Å². The zero-order valence-corrected chi connectivity index (χ0v) is 19.6. The summed E-state index contributed by atoms with van der Waals surface area (Å²) in [5.41, 5.74) is 3.87. The third-order valence-corrected chi connectivity index (χ3v) is 5.95. The molecule has 3 rings (SSSR count). The molecule has 6 heteroatoms. The normalized spacial score (nSPS) is 13.9. The van der Waals surface area contributed by atoms with Crippen molar-refractivity contribution in [2.45, 2.75) is 52.4 Å². The molecule has 0 aliphatic carbocycles. The molecule has 0 bridgehead atoms. The van der Waals surface area contributed by atoms with Crippen molar-refractivity contribution in [3.63, 3.8) is 0 Å². The number of hydrogen-bond donors (Lipinski definition) is 2. The molecule has 1 aliphatic rings. The summed E-state index contributed by atoms with van der Waals surface area (Å²) in [6.45, 7) is 9.64. The van der Waals surface area contributed by atoms with Gasteiger partial charge < -0.3 is 20.4 Å². The summed E-state index contributed by atoms with van der Waals surface area (Å²) in [6, 6.07) is 15.5. The molecule has 1 fully saturated rings. The van der Waals surface area contributed by atoms with E-state index in [9.17, 15) is 9.59 Å².